The van der Waals surface area contributed by atoms with Gasteiger partial charge in [0.05, 0.1) is 5.69 Å². The van der Waals surface area contributed by atoms with E-state index >= 15 is 0 Å². The molecule has 3 heteroatoms. The van der Waals surface area contributed by atoms with Crippen molar-refractivity contribution >= 4 is 5.84 Å². The maximum Gasteiger partial charge on any atom is 0.139 e. The molecule has 12 heavy (non-hydrogen) atoms. The predicted molar refractivity (Wildman–Crippen MR) is 50.3 cm³/mol. The Labute approximate surface area is 71.8 Å². The number of allylic oxidation sites excluding steroid dienone is 1. The van der Waals surface area contributed by atoms with Gasteiger partial charge in [-0.05, 0) is 19.1 Å². The van der Waals surface area contributed by atoms with Crippen LogP contribution >= 0.6 is 0 Å². The molecule has 0 unspecified atom stereocenters. The summed E-state index contributed by atoms with van der Waals surface area (Å²) in [6.07, 6.45) is 0.813. The van der Waals surface area contributed by atoms with Crippen LogP contribution in [-0.4, -0.2) is 10.8 Å². The van der Waals surface area contributed by atoms with E-state index < -0.39 is 0 Å². The summed E-state index contributed by atoms with van der Waals surface area (Å²) in [7, 11) is 0. The average Bonchev–Trinajstić information content (AvgIpc) is 2.34. The number of nitrogens with two attached hydrogens (primary N) is 1. The standard InChI is InChI=1S/C9H13N3/c1-6(2)5-7-3-4-8(12-7)9(10)11/h3-4,12H,1,5H2,2H3,(H3,10,11). The number of hydrogen-bond donors (Lipinski definition) is 3. The minimum atomic E-state index is 0.0722. The molecule has 0 aliphatic heterocycles. The van der Waals surface area contributed by atoms with Crippen molar-refractivity contribution in [3.05, 3.63) is 35.7 Å². The number of rotatable bonds is 3. The number of hydrogen-bond acceptors (Lipinski definition) is 1. The molecule has 0 amide bonds. The Bertz CT molecular complexity index is 309. The summed E-state index contributed by atoms with van der Waals surface area (Å²) < 4.78 is 0. The zero-order valence-corrected chi connectivity index (χ0v) is 7.15. The Morgan fingerprint density at radius 3 is 2.75 bits per heavy atom. The molecule has 0 aliphatic carbocycles. The third-order valence-corrected chi connectivity index (χ3v) is 1.53. The first-order valence-electron chi connectivity index (χ1n) is 3.76. The smallest absolute Gasteiger partial charge is 0.139 e. The van der Waals surface area contributed by atoms with E-state index in [1.54, 1.807) is 6.07 Å². The van der Waals surface area contributed by atoms with E-state index in [0.29, 0.717) is 5.69 Å². The lowest BCUT2D eigenvalue weighted by Gasteiger charge is -1.95. The number of aromatic amines is 1. The molecule has 3 nitrogen and oxygen atoms in total. The fraction of sp³-hybridized carbons (Fsp3) is 0.222. The van der Waals surface area contributed by atoms with E-state index in [1.807, 2.05) is 13.0 Å². The molecule has 4 N–H and O–H groups in total. The largest absolute Gasteiger partial charge is 0.382 e. The highest BCUT2D eigenvalue weighted by atomic mass is 14.8. The zero-order chi connectivity index (χ0) is 9.14. The highest BCUT2D eigenvalue weighted by Gasteiger charge is 2.00. The summed E-state index contributed by atoms with van der Waals surface area (Å²) in [4.78, 5) is 3.03. The fourth-order valence-electron chi connectivity index (χ4n) is 1.03. The van der Waals surface area contributed by atoms with Crippen LogP contribution in [0, 0.1) is 5.41 Å². The fourth-order valence-corrected chi connectivity index (χ4v) is 1.03. The van der Waals surface area contributed by atoms with Gasteiger partial charge in [-0.2, -0.15) is 0 Å². The second kappa shape index (κ2) is 3.26. The summed E-state index contributed by atoms with van der Waals surface area (Å²) in [6, 6.07) is 3.73. The molecule has 64 valence electrons. The lowest BCUT2D eigenvalue weighted by Crippen LogP contribution is -2.11. The van der Waals surface area contributed by atoms with Crippen LogP contribution in [0.3, 0.4) is 0 Å². The predicted octanol–water partition coefficient (Wildman–Crippen LogP) is 1.42. The minimum absolute atomic E-state index is 0.0722. The molecule has 0 spiro atoms. The molecular weight excluding hydrogens is 150 g/mol. The SMILES string of the molecule is C=C(C)Cc1ccc(C(=N)N)[nH]1. The Balaban J connectivity index is 2.77. The molecule has 1 heterocycles. The van der Waals surface area contributed by atoms with Crippen LogP contribution in [0.4, 0.5) is 0 Å². The average molecular weight is 163 g/mol. The monoisotopic (exact) mass is 163 g/mol. The van der Waals surface area contributed by atoms with Gasteiger partial charge in [-0.3, -0.25) is 5.41 Å². The van der Waals surface area contributed by atoms with Crippen LogP contribution in [0.5, 0.6) is 0 Å². The van der Waals surface area contributed by atoms with Gasteiger partial charge < -0.3 is 10.7 Å². The van der Waals surface area contributed by atoms with Gasteiger partial charge in [-0.15, -0.1) is 0 Å². The van der Waals surface area contributed by atoms with E-state index in [-0.39, 0.29) is 5.84 Å². The van der Waals surface area contributed by atoms with Gasteiger partial charge in [0.2, 0.25) is 0 Å². The molecule has 0 fully saturated rings. The van der Waals surface area contributed by atoms with Gasteiger partial charge in [0.15, 0.2) is 0 Å². The molecule has 0 aromatic carbocycles. The maximum atomic E-state index is 7.16. The second-order valence-corrected chi connectivity index (χ2v) is 2.94. The van der Waals surface area contributed by atoms with Crippen molar-refractivity contribution in [1.29, 1.82) is 5.41 Å². The molecule has 0 bridgehead atoms. The van der Waals surface area contributed by atoms with Crippen molar-refractivity contribution in [2.75, 3.05) is 0 Å². The van der Waals surface area contributed by atoms with Gasteiger partial charge in [0.25, 0.3) is 0 Å². The first-order valence-corrected chi connectivity index (χ1v) is 3.76. The molecule has 0 saturated carbocycles. The molecule has 1 aromatic rings. The number of aromatic nitrogens is 1. The van der Waals surface area contributed by atoms with Crippen LogP contribution in [-0.2, 0) is 6.42 Å². The third kappa shape index (κ3) is 1.99. The van der Waals surface area contributed by atoms with Crippen LogP contribution < -0.4 is 5.73 Å². The number of H-pyrrole nitrogens is 1. The summed E-state index contributed by atoms with van der Waals surface area (Å²) in [5.74, 6) is 0.0722. The van der Waals surface area contributed by atoms with Crippen molar-refractivity contribution in [2.45, 2.75) is 13.3 Å². The Morgan fingerprint density at radius 1 is 1.67 bits per heavy atom. The van der Waals surface area contributed by atoms with Crippen molar-refractivity contribution in [1.82, 2.24) is 4.98 Å². The Morgan fingerprint density at radius 2 is 2.33 bits per heavy atom. The van der Waals surface area contributed by atoms with Gasteiger partial charge >= 0.3 is 0 Å². The van der Waals surface area contributed by atoms with E-state index in [0.717, 1.165) is 17.7 Å². The molecule has 0 radical (unpaired) electrons. The van der Waals surface area contributed by atoms with Crippen molar-refractivity contribution in [3.63, 3.8) is 0 Å². The van der Waals surface area contributed by atoms with Crippen LogP contribution in [0.2, 0.25) is 0 Å². The van der Waals surface area contributed by atoms with Crippen molar-refractivity contribution in [2.24, 2.45) is 5.73 Å². The van der Waals surface area contributed by atoms with Gasteiger partial charge in [0, 0.05) is 12.1 Å². The zero-order valence-electron chi connectivity index (χ0n) is 7.15. The number of nitrogens with one attached hydrogen (secondary N) is 2. The molecule has 0 atom stereocenters. The number of amidine groups is 1. The van der Waals surface area contributed by atoms with E-state index in [4.69, 9.17) is 11.1 Å². The minimum Gasteiger partial charge on any atom is -0.382 e. The first-order chi connectivity index (χ1) is 5.59. The van der Waals surface area contributed by atoms with E-state index in [2.05, 4.69) is 11.6 Å². The lowest BCUT2D eigenvalue weighted by molar-refractivity contribution is 1.07. The molecule has 0 aliphatic rings. The van der Waals surface area contributed by atoms with Crippen LogP contribution in [0.25, 0.3) is 0 Å². The quantitative estimate of drug-likeness (QED) is 0.352. The van der Waals surface area contributed by atoms with Crippen molar-refractivity contribution < 1.29 is 0 Å². The van der Waals surface area contributed by atoms with E-state index in [1.165, 1.54) is 0 Å². The van der Waals surface area contributed by atoms with Crippen LogP contribution in [0.15, 0.2) is 24.3 Å². The number of nitrogen functional groups attached to an aromatic ring is 1. The first kappa shape index (κ1) is 8.59. The van der Waals surface area contributed by atoms with Gasteiger partial charge in [0.1, 0.15) is 5.84 Å². The van der Waals surface area contributed by atoms with Crippen molar-refractivity contribution in [3.8, 4) is 0 Å². The van der Waals surface area contributed by atoms with Gasteiger partial charge in [-0.25, -0.2) is 0 Å². The summed E-state index contributed by atoms with van der Waals surface area (Å²) in [5, 5.41) is 7.16. The van der Waals surface area contributed by atoms with E-state index in [9.17, 15) is 0 Å². The Hall–Kier alpha value is -1.51. The molecule has 0 saturated heterocycles. The topological polar surface area (TPSA) is 65.7 Å². The lowest BCUT2D eigenvalue weighted by atomic mass is 10.2. The highest BCUT2D eigenvalue weighted by molar-refractivity contribution is 5.93. The Kier molecular flexibility index (Phi) is 2.33. The summed E-state index contributed by atoms with van der Waals surface area (Å²) in [6.45, 7) is 5.77. The molecule has 1 aromatic heterocycles. The molecular formula is C9H13N3. The highest BCUT2D eigenvalue weighted by Crippen LogP contribution is 2.05. The maximum absolute atomic E-state index is 7.16. The van der Waals surface area contributed by atoms with Gasteiger partial charge in [-0.1, -0.05) is 12.2 Å². The normalized spacial score (nSPS) is 9.75. The second-order valence-electron chi connectivity index (χ2n) is 2.94. The summed E-state index contributed by atoms with van der Waals surface area (Å²) >= 11 is 0. The van der Waals surface area contributed by atoms with Crippen LogP contribution in [0.1, 0.15) is 18.3 Å². The summed E-state index contributed by atoms with van der Waals surface area (Å²) in [5.41, 5.74) is 8.10. The third-order valence-electron chi connectivity index (χ3n) is 1.53. The molecule has 1 rings (SSSR count).